The van der Waals surface area contributed by atoms with Crippen LogP contribution in [0.1, 0.15) is 32.7 Å². The monoisotopic (exact) mass is 267 g/mol. The van der Waals surface area contributed by atoms with Crippen LogP contribution in [0.15, 0.2) is 17.2 Å². The summed E-state index contributed by atoms with van der Waals surface area (Å²) in [5.41, 5.74) is -0.974. The van der Waals surface area contributed by atoms with E-state index in [-0.39, 0.29) is 17.4 Å². The number of nitrogens with one attached hydrogen (secondary N) is 1. The Labute approximate surface area is 112 Å². The van der Waals surface area contributed by atoms with E-state index in [1.165, 1.54) is 0 Å². The summed E-state index contributed by atoms with van der Waals surface area (Å²) in [7, 11) is 0. The third-order valence-corrected chi connectivity index (χ3v) is 3.43. The maximum absolute atomic E-state index is 12.1. The van der Waals surface area contributed by atoms with E-state index in [1.807, 2.05) is 13.8 Å². The van der Waals surface area contributed by atoms with Crippen molar-refractivity contribution in [1.29, 1.82) is 0 Å². The van der Waals surface area contributed by atoms with Gasteiger partial charge in [-0.25, -0.2) is 4.98 Å². The first kappa shape index (κ1) is 14.0. The molecule has 2 heterocycles. The fourth-order valence-electron chi connectivity index (χ4n) is 2.13. The van der Waals surface area contributed by atoms with Crippen LogP contribution < -0.4 is 10.9 Å². The maximum atomic E-state index is 12.1. The maximum Gasteiger partial charge on any atom is 0.293 e. The van der Waals surface area contributed by atoms with Gasteiger partial charge in [0.1, 0.15) is 0 Å². The molecule has 0 aromatic carbocycles. The molecule has 6 nitrogen and oxygen atoms in total. The van der Waals surface area contributed by atoms with E-state index >= 15 is 0 Å². The van der Waals surface area contributed by atoms with Crippen molar-refractivity contribution in [2.24, 2.45) is 0 Å². The Kier molecular flexibility index (Phi) is 4.21. The molecule has 0 bridgehead atoms. The van der Waals surface area contributed by atoms with Crippen molar-refractivity contribution in [3.05, 3.63) is 22.7 Å². The molecule has 0 unspecified atom stereocenters. The second-order valence-electron chi connectivity index (χ2n) is 5.27. The molecule has 6 heteroatoms. The first-order chi connectivity index (χ1) is 9.02. The highest BCUT2D eigenvalue weighted by Crippen LogP contribution is 2.20. The molecule has 0 spiro atoms. The van der Waals surface area contributed by atoms with Gasteiger partial charge in [0, 0.05) is 51.0 Å². The third kappa shape index (κ3) is 3.33. The van der Waals surface area contributed by atoms with Gasteiger partial charge in [0.2, 0.25) is 0 Å². The van der Waals surface area contributed by atoms with Crippen molar-refractivity contribution < 1.29 is 9.84 Å². The van der Waals surface area contributed by atoms with E-state index in [0.29, 0.717) is 32.6 Å². The summed E-state index contributed by atoms with van der Waals surface area (Å²) in [6.45, 7) is 5.31. The van der Waals surface area contributed by atoms with Crippen LogP contribution in [-0.4, -0.2) is 40.0 Å². The number of nitrogens with zero attached hydrogens (tertiary/aromatic N) is 2. The van der Waals surface area contributed by atoms with Crippen molar-refractivity contribution in [1.82, 2.24) is 9.55 Å². The van der Waals surface area contributed by atoms with Crippen LogP contribution in [-0.2, 0) is 4.74 Å². The summed E-state index contributed by atoms with van der Waals surface area (Å²) in [6.07, 6.45) is 4.41. The topological polar surface area (TPSA) is 76.4 Å². The van der Waals surface area contributed by atoms with Crippen LogP contribution in [0.2, 0.25) is 0 Å². The lowest BCUT2D eigenvalue weighted by atomic mass is 9.94. The fraction of sp³-hybridized carbons (Fsp3) is 0.692. The number of rotatable bonds is 4. The normalized spacial score (nSPS) is 18.5. The van der Waals surface area contributed by atoms with Crippen LogP contribution >= 0.6 is 0 Å². The van der Waals surface area contributed by atoms with Gasteiger partial charge >= 0.3 is 0 Å². The summed E-state index contributed by atoms with van der Waals surface area (Å²) in [5, 5.41) is 13.3. The standard InChI is InChI=1S/C13H21N3O3/c1-10(2)16-6-5-14-11(12(16)17)15-9-13(18)3-7-19-8-4-13/h5-6,10,18H,3-4,7-9H2,1-2H3,(H,14,15). The van der Waals surface area contributed by atoms with Crippen LogP contribution in [0.5, 0.6) is 0 Å². The van der Waals surface area contributed by atoms with Gasteiger partial charge in [-0.3, -0.25) is 4.79 Å². The molecular weight excluding hydrogens is 246 g/mol. The third-order valence-electron chi connectivity index (χ3n) is 3.43. The molecule has 0 atom stereocenters. The number of anilines is 1. The van der Waals surface area contributed by atoms with E-state index in [4.69, 9.17) is 4.74 Å². The molecular formula is C13H21N3O3. The highest BCUT2D eigenvalue weighted by Gasteiger charge is 2.29. The van der Waals surface area contributed by atoms with Gasteiger partial charge in [0.05, 0.1) is 5.60 Å². The molecule has 19 heavy (non-hydrogen) atoms. The molecule has 106 valence electrons. The second kappa shape index (κ2) is 5.71. The minimum Gasteiger partial charge on any atom is -0.388 e. The molecule has 1 aliphatic rings. The number of ether oxygens (including phenoxy) is 1. The zero-order valence-corrected chi connectivity index (χ0v) is 11.4. The quantitative estimate of drug-likeness (QED) is 0.843. The average molecular weight is 267 g/mol. The van der Waals surface area contributed by atoms with Crippen molar-refractivity contribution in [3.63, 3.8) is 0 Å². The predicted octanol–water partition coefficient (Wildman–Crippen LogP) is 0.778. The Balaban J connectivity index is 2.07. The smallest absolute Gasteiger partial charge is 0.293 e. The number of aliphatic hydroxyl groups is 1. The zero-order chi connectivity index (χ0) is 13.9. The van der Waals surface area contributed by atoms with Gasteiger partial charge in [-0.2, -0.15) is 0 Å². The summed E-state index contributed by atoms with van der Waals surface area (Å²) in [4.78, 5) is 16.2. The SMILES string of the molecule is CC(C)n1ccnc(NCC2(O)CCOCC2)c1=O. The Hall–Kier alpha value is -1.40. The Morgan fingerprint density at radius 2 is 2.21 bits per heavy atom. The van der Waals surface area contributed by atoms with Crippen LogP contribution in [0.25, 0.3) is 0 Å². The molecule has 0 saturated carbocycles. The fourth-order valence-corrected chi connectivity index (χ4v) is 2.13. The second-order valence-corrected chi connectivity index (χ2v) is 5.27. The summed E-state index contributed by atoms with van der Waals surface area (Å²) >= 11 is 0. The number of hydrogen-bond donors (Lipinski definition) is 2. The molecule has 1 saturated heterocycles. The molecule has 1 aliphatic heterocycles. The van der Waals surface area contributed by atoms with Crippen LogP contribution in [0, 0.1) is 0 Å². The van der Waals surface area contributed by atoms with Crippen molar-refractivity contribution in [2.45, 2.75) is 38.3 Å². The van der Waals surface area contributed by atoms with Gasteiger partial charge in [-0.05, 0) is 13.8 Å². The van der Waals surface area contributed by atoms with E-state index < -0.39 is 5.60 Å². The zero-order valence-electron chi connectivity index (χ0n) is 11.4. The highest BCUT2D eigenvalue weighted by atomic mass is 16.5. The highest BCUT2D eigenvalue weighted by molar-refractivity contribution is 5.31. The van der Waals surface area contributed by atoms with Gasteiger partial charge in [0.15, 0.2) is 5.82 Å². The van der Waals surface area contributed by atoms with Crippen molar-refractivity contribution in [3.8, 4) is 0 Å². The van der Waals surface area contributed by atoms with Gasteiger partial charge in [-0.1, -0.05) is 0 Å². The summed E-state index contributed by atoms with van der Waals surface area (Å²) in [6, 6.07) is 0.0854. The lowest BCUT2D eigenvalue weighted by molar-refractivity contribution is -0.0544. The minimum absolute atomic E-state index is 0.0854. The predicted molar refractivity (Wildman–Crippen MR) is 72.4 cm³/mol. The lowest BCUT2D eigenvalue weighted by Gasteiger charge is -2.32. The number of hydrogen-bond acceptors (Lipinski definition) is 5. The van der Waals surface area contributed by atoms with E-state index in [9.17, 15) is 9.90 Å². The summed E-state index contributed by atoms with van der Waals surface area (Å²) < 4.78 is 6.84. The molecule has 1 fully saturated rings. The summed E-state index contributed by atoms with van der Waals surface area (Å²) in [5.74, 6) is 0.288. The largest absolute Gasteiger partial charge is 0.388 e. The van der Waals surface area contributed by atoms with E-state index in [2.05, 4.69) is 10.3 Å². The van der Waals surface area contributed by atoms with E-state index in [1.54, 1.807) is 17.0 Å². The van der Waals surface area contributed by atoms with Crippen LogP contribution in [0.4, 0.5) is 5.82 Å². The molecule has 0 radical (unpaired) electrons. The number of aromatic nitrogens is 2. The molecule has 2 rings (SSSR count). The van der Waals surface area contributed by atoms with Gasteiger partial charge in [-0.15, -0.1) is 0 Å². The molecule has 0 amide bonds. The average Bonchev–Trinajstić information content (AvgIpc) is 2.38. The molecule has 1 aromatic rings. The van der Waals surface area contributed by atoms with Crippen LogP contribution in [0.3, 0.4) is 0 Å². The first-order valence-corrected chi connectivity index (χ1v) is 6.63. The molecule has 2 N–H and O–H groups in total. The van der Waals surface area contributed by atoms with Gasteiger partial charge in [0.25, 0.3) is 5.56 Å². The lowest BCUT2D eigenvalue weighted by Crippen LogP contribution is -2.43. The Morgan fingerprint density at radius 3 is 2.84 bits per heavy atom. The van der Waals surface area contributed by atoms with Crippen molar-refractivity contribution >= 4 is 5.82 Å². The molecule has 0 aliphatic carbocycles. The Bertz CT molecular complexity index is 478. The van der Waals surface area contributed by atoms with E-state index in [0.717, 1.165) is 0 Å². The minimum atomic E-state index is -0.815. The van der Waals surface area contributed by atoms with Crippen molar-refractivity contribution in [2.75, 3.05) is 25.1 Å². The first-order valence-electron chi connectivity index (χ1n) is 6.63. The molecule has 1 aromatic heterocycles. The Morgan fingerprint density at radius 1 is 1.53 bits per heavy atom. The van der Waals surface area contributed by atoms with Gasteiger partial charge < -0.3 is 19.7 Å².